The number of imidazole rings is 1. The number of carbonyl (C=O) groups is 7. The van der Waals surface area contributed by atoms with Crippen LogP contribution in [0.5, 0.6) is 5.75 Å². The number of carboxylic acids is 1. The molecule has 0 aliphatic carbocycles. The van der Waals surface area contributed by atoms with E-state index in [0.29, 0.717) is 22.4 Å². The Morgan fingerprint density at radius 3 is 1.71 bits per heavy atom. The molecule has 364 valence electrons. The van der Waals surface area contributed by atoms with E-state index >= 15 is 0 Å². The molecule has 0 spiro atoms. The first-order chi connectivity index (χ1) is 32.4. The van der Waals surface area contributed by atoms with Gasteiger partial charge in [0.05, 0.1) is 18.1 Å². The molecule has 0 radical (unpaired) electrons. The maximum atomic E-state index is 14.3. The number of aromatic hydroxyl groups is 1. The lowest BCUT2D eigenvalue weighted by Crippen LogP contribution is -2.60. The van der Waals surface area contributed by atoms with Crippen LogP contribution in [0.15, 0.2) is 97.5 Å². The number of benzene rings is 3. The molecule has 15 N–H and O–H groups in total. The summed E-state index contributed by atoms with van der Waals surface area (Å²) in [4.78, 5) is 102. The maximum Gasteiger partial charge on any atom is 0.326 e. The summed E-state index contributed by atoms with van der Waals surface area (Å²) in [6.07, 6.45) is 3.06. The van der Waals surface area contributed by atoms with Crippen molar-refractivity contribution in [2.24, 2.45) is 17.4 Å². The summed E-state index contributed by atoms with van der Waals surface area (Å²) in [6, 6.07) is 14.8. The summed E-state index contributed by atoms with van der Waals surface area (Å²) in [5.74, 6) is -6.55. The van der Waals surface area contributed by atoms with Crippen molar-refractivity contribution in [3.05, 3.63) is 120 Å². The SMILES string of the molecule is CC(NC(=O)C(Cc1ccccc1)NC(=O)C(CCCNC(=N)N)NC(=O)C(Cc1c[nH]cn1)NC(=O)C(N)Cc1ccc(O)cc1)C(=O)NC(C(=O)NC(Cc1ccccc1)C(=O)O)C(C)C. The lowest BCUT2D eigenvalue weighted by molar-refractivity contribution is -0.142. The van der Waals surface area contributed by atoms with E-state index < -0.39 is 89.6 Å². The number of aliphatic carboxylic acids is 1. The monoisotopic (exact) mass is 938 g/mol. The molecule has 0 saturated carbocycles. The summed E-state index contributed by atoms with van der Waals surface area (Å²) in [5.41, 5.74) is 14.1. The number of carbonyl (C=O) groups excluding carboxylic acids is 6. The average Bonchev–Trinajstić information content (AvgIpc) is 3.82. The van der Waals surface area contributed by atoms with Gasteiger partial charge in [-0.05, 0) is 60.9 Å². The number of rotatable bonds is 26. The van der Waals surface area contributed by atoms with Gasteiger partial charge in [0, 0.05) is 32.0 Å². The van der Waals surface area contributed by atoms with Gasteiger partial charge in [0.15, 0.2) is 5.96 Å². The summed E-state index contributed by atoms with van der Waals surface area (Å²) in [7, 11) is 0. The van der Waals surface area contributed by atoms with Crippen molar-refractivity contribution < 1.29 is 43.8 Å². The molecule has 4 aromatic rings. The van der Waals surface area contributed by atoms with Crippen LogP contribution in [0, 0.1) is 11.3 Å². The standard InChI is InChI=1S/C47H62N12O9/c1-27(2)39(45(66)58-38(46(67)68)23-30-13-8-5-9-14-30)59-40(61)28(3)54-43(64)36(22-29-11-6-4-7-12-29)57-42(63)35(15-10-20-52-47(49)50)55-44(65)37(24-32-25-51-26-53-32)56-41(62)34(48)21-31-16-18-33(60)19-17-31/h4-9,11-14,16-19,25-28,34-39,60H,10,15,20-24,48H2,1-3H3,(H,51,53)(H,54,64)(H,55,65)(H,56,62)(H,57,63)(H,58,66)(H,59,61)(H,67,68)(H4,49,50,52). The number of nitrogens with two attached hydrogens (primary N) is 2. The number of nitrogens with one attached hydrogen (secondary N) is 9. The fourth-order valence-electron chi connectivity index (χ4n) is 6.98. The molecule has 0 aliphatic heterocycles. The number of guanidine groups is 1. The molecule has 21 nitrogen and oxygen atoms in total. The summed E-state index contributed by atoms with van der Waals surface area (Å²) < 4.78 is 0. The molecular formula is C47H62N12O9. The second-order valence-corrected chi connectivity index (χ2v) is 16.6. The van der Waals surface area contributed by atoms with Crippen LogP contribution in [0.3, 0.4) is 0 Å². The van der Waals surface area contributed by atoms with Crippen LogP contribution >= 0.6 is 0 Å². The van der Waals surface area contributed by atoms with E-state index in [-0.39, 0.29) is 56.8 Å². The topological polar surface area (TPSA) is 349 Å². The van der Waals surface area contributed by atoms with Gasteiger partial charge in [-0.25, -0.2) is 9.78 Å². The van der Waals surface area contributed by atoms with Crippen molar-refractivity contribution in [3.63, 3.8) is 0 Å². The quantitative estimate of drug-likeness (QED) is 0.0218. The van der Waals surface area contributed by atoms with Crippen molar-refractivity contribution in [3.8, 4) is 5.75 Å². The number of nitrogens with zero attached hydrogens (tertiary/aromatic N) is 1. The molecular weight excluding hydrogens is 877 g/mol. The third kappa shape index (κ3) is 17.5. The lowest BCUT2D eigenvalue weighted by Gasteiger charge is -2.27. The minimum Gasteiger partial charge on any atom is -0.508 e. The molecule has 4 rings (SSSR count). The van der Waals surface area contributed by atoms with E-state index in [1.807, 2.05) is 0 Å². The van der Waals surface area contributed by atoms with Gasteiger partial charge in [-0.15, -0.1) is 0 Å². The summed E-state index contributed by atoms with van der Waals surface area (Å²) >= 11 is 0. The van der Waals surface area contributed by atoms with Gasteiger partial charge >= 0.3 is 5.97 Å². The fourth-order valence-corrected chi connectivity index (χ4v) is 6.98. The molecule has 3 aromatic carbocycles. The van der Waals surface area contributed by atoms with Gasteiger partial charge in [0.1, 0.15) is 42.0 Å². The first kappa shape index (κ1) is 52.8. The van der Waals surface area contributed by atoms with E-state index in [9.17, 15) is 43.8 Å². The Kier molecular flexibility index (Phi) is 20.5. The predicted molar refractivity (Wildman–Crippen MR) is 251 cm³/mol. The molecule has 1 aromatic heterocycles. The first-order valence-electron chi connectivity index (χ1n) is 22.1. The number of aromatic nitrogens is 2. The zero-order valence-electron chi connectivity index (χ0n) is 38.2. The van der Waals surface area contributed by atoms with Crippen molar-refractivity contribution in [1.29, 1.82) is 5.41 Å². The molecule has 68 heavy (non-hydrogen) atoms. The average molecular weight is 939 g/mol. The van der Waals surface area contributed by atoms with Crippen LogP contribution in [0.25, 0.3) is 0 Å². The Morgan fingerprint density at radius 2 is 1.15 bits per heavy atom. The Labute approximate surface area is 393 Å². The van der Waals surface area contributed by atoms with Gasteiger partial charge in [0.25, 0.3) is 0 Å². The van der Waals surface area contributed by atoms with E-state index in [2.05, 4.69) is 47.2 Å². The fraction of sp³-hybridized carbons (Fsp3) is 0.383. The van der Waals surface area contributed by atoms with E-state index in [4.69, 9.17) is 16.9 Å². The highest BCUT2D eigenvalue weighted by Crippen LogP contribution is 2.13. The smallest absolute Gasteiger partial charge is 0.326 e. The van der Waals surface area contributed by atoms with Crippen LogP contribution in [0.1, 0.15) is 56.0 Å². The molecule has 1 heterocycles. The molecule has 0 aliphatic rings. The van der Waals surface area contributed by atoms with Gasteiger partial charge in [-0.1, -0.05) is 86.6 Å². The molecule has 0 fully saturated rings. The number of aromatic amines is 1. The number of amides is 6. The Hall–Kier alpha value is -7.81. The van der Waals surface area contributed by atoms with Crippen LogP contribution in [0.2, 0.25) is 0 Å². The summed E-state index contributed by atoms with van der Waals surface area (Å²) in [5, 5.41) is 45.5. The van der Waals surface area contributed by atoms with Crippen LogP contribution in [-0.2, 0) is 59.2 Å². The third-order valence-electron chi connectivity index (χ3n) is 10.8. The predicted octanol–water partition coefficient (Wildman–Crippen LogP) is -0.354. The molecule has 7 unspecified atom stereocenters. The largest absolute Gasteiger partial charge is 0.508 e. The molecule has 7 atom stereocenters. The third-order valence-corrected chi connectivity index (χ3v) is 10.8. The highest BCUT2D eigenvalue weighted by atomic mass is 16.4. The van der Waals surface area contributed by atoms with Gasteiger partial charge < -0.3 is 63.9 Å². The number of carboxylic acid groups (broad SMARTS) is 1. The molecule has 0 bridgehead atoms. The number of phenols is 1. The Bertz CT molecular complexity index is 2300. The maximum absolute atomic E-state index is 14.3. The van der Waals surface area contributed by atoms with E-state index in [1.165, 1.54) is 31.6 Å². The second-order valence-electron chi connectivity index (χ2n) is 16.6. The number of phenolic OH excluding ortho intramolecular Hbond substituents is 1. The normalized spacial score (nSPS) is 14.1. The Balaban J connectivity index is 1.51. The van der Waals surface area contributed by atoms with Crippen LogP contribution in [-0.4, -0.2) is 116 Å². The zero-order valence-corrected chi connectivity index (χ0v) is 38.2. The minimum absolute atomic E-state index is 0.00142. The zero-order chi connectivity index (χ0) is 49.8. The molecule has 0 saturated heterocycles. The van der Waals surface area contributed by atoms with E-state index in [0.717, 1.165) is 0 Å². The number of hydrogen-bond donors (Lipinski definition) is 13. The van der Waals surface area contributed by atoms with Crippen molar-refractivity contribution in [2.45, 2.75) is 102 Å². The first-order valence-corrected chi connectivity index (χ1v) is 22.1. The molecule has 6 amide bonds. The lowest BCUT2D eigenvalue weighted by atomic mass is 10.0. The van der Waals surface area contributed by atoms with Crippen molar-refractivity contribution in [2.75, 3.05) is 6.54 Å². The van der Waals surface area contributed by atoms with Crippen LogP contribution < -0.4 is 48.7 Å². The van der Waals surface area contributed by atoms with Crippen LogP contribution in [0.4, 0.5) is 0 Å². The highest BCUT2D eigenvalue weighted by molar-refractivity contribution is 5.97. The number of hydrogen-bond acceptors (Lipinski definition) is 11. The van der Waals surface area contributed by atoms with Gasteiger partial charge in [-0.2, -0.15) is 0 Å². The number of H-pyrrole nitrogens is 1. The van der Waals surface area contributed by atoms with Gasteiger partial charge in [-0.3, -0.25) is 34.2 Å². The summed E-state index contributed by atoms with van der Waals surface area (Å²) in [6.45, 7) is 4.86. The minimum atomic E-state index is -1.31. The highest BCUT2D eigenvalue weighted by Gasteiger charge is 2.34. The van der Waals surface area contributed by atoms with Crippen molar-refractivity contribution in [1.82, 2.24) is 47.2 Å². The van der Waals surface area contributed by atoms with Crippen molar-refractivity contribution >= 4 is 47.4 Å². The van der Waals surface area contributed by atoms with E-state index in [1.54, 1.807) is 86.6 Å². The second kappa shape index (κ2) is 26.4. The molecule has 21 heteroatoms. The van der Waals surface area contributed by atoms with Gasteiger partial charge in [0.2, 0.25) is 35.4 Å². The Morgan fingerprint density at radius 1 is 0.632 bits per heavy atom.